The number of pyridine rings is 1. The van der Waals surface area contributed by atoms with Crippen molar-refractivity contribution in [2.45, 2.75) is 13.5 Å². The lowest BCUT2D eigenvalue weighted by atomic mass is 10.2. The first-order valence-corrected chi connectivity index (χ1v) is 5.27. The molecular weight excluding hydrogens is 194 g/mol. The van der Waals surface area contributed by atoms with Crippen LogP contribution in [0.15, 0.2) is 30.0 Å². The van der Waals surface area contributed by atoms with Gasteiger partial charge in [0.25, 0.3) is 0 Å². The van der Waals surface area contributed by atoms with E-state index in [1.165, 1.54) is 11.1 Å². The Hall–Kier alpha value is -1.42. The molecule has 0 radical (unpaired) electrons. The van der Waals surface area contributed by atoms with Crippen molar-refractivity contribution in [1.29, 1.82) is 0 Å². The van der Waals surface area contributed by atoms with E-state index in [-0.39, 0.29) is 0 Å². The standard InChI is InChI=1S/C10H11N3S/c1-8-2-3-11-6-9(8)7-13-10-12-4-5-14-10/h2-6H,7H2,1H3,(H,12,13). The van der Waals surface area contributed by atoms with E-state index >= 15 is 0 Å². The van der Waals surface area contributed by atoms with Crippen molar-refractivity contribution in [1.82, 2.24) is 9.97 Å². The molecule has 0 saturated heterocycles. The molecule has 4 heteroatoms. The van der Waals surface area contributed by atoms with Gasteiger partial charge in [-0.25, -0.2) is 4.98 Å². The molecule has 2 aromatic rings. The first-order valence-electron chi connectivity index (χ1n) is 4.39. The molecular formula is C10H11N3S. The van der Waals surface area contributed by atoms with Gasteiger partial charge >= 0.3 is 0 Å². The lowest BCUT2D eigenvalue weighted by molar-refractivity contribution is 1.07. The number of nitrogens with one attached hydrogen (secondary N) is 1. The summed E-state index contributed by atoms with van der Waals surface area (Å²) >= 11 is 1.61. The predicted molar refractivity (Wildman–Crippen MR) is 58.4 cm³/mol. The molecule has 2 heterocycles. The average molecular weight is 205 g/mol. The van der Waals surface area contributed by atoms with Crippen LogP contribution < -0.4 is 5.32 Å². The number of rotatable bonds is 3. The van der Waals surface area contributed by atoms with Crippen LogP contribution in [0.3, 0.4) is 0 Å². The Bertz CT molecular complexity index is 398. The number of hydrogen-bond acceptors (Lipinski definition) is 4. The van der Waals surface area contributed by atoms with Crippen molar-refractivity contribution < 1.29 is 0 Å². The van der Waals surface area contributed by atoms with Crippen LogP contribution >= 0.6 is 11.3 Å². The normalized spacial score (nSPS) is 10.1. The minimum absolute atomic E-state index is 0.785. The highest BCUT2D eigenvalue weighted by Crippen LogP contribution is 2.13. The Kier molecular flexibility index (Phi) is 2.74. The Morgan fingerprint density at radius 1 is 1.43 bits per heavy atom. The second kappa shape index (κ2) is 4.19. The minimum Gasteiger partial charge on any atom is -0.357 e. The van der Waals surface area contributed by atoms with Crippen LogP contribution in [-0.2, 0) is 6.54 Å². The smallest absolute Gasteiger partial charge is 0.182 e. The van der Waals surface area contributed by atoms with E-state index in [1.807, 2.05) is 23.8 Å². The Morgan fingerprint density at radius 3 is 3.07 bits per heavy atom. The molecule has 2 rings (SSSR count). The summed E-state index contributed by atoms with van der Waals surface area (Å²) in [6.07, 6.45) is 5.49. The summed E-state index contributed by atoms with van der Waals surface area (Å²) < 4.78 is 0. The maximum atomic E-state index is 4.15. The molecule has 0 unspecified atom stereocenters. The predicted octanol–water partition coefficient (Wildman–Crippen LogP) is 2.46. The monoisotopic (exact) mass is 205 g/mol. The summed E-state index contributed by atoms with van der Waals surface area (Å²) in [4.78, 5) is 8.24. The molecule has 0 amide bonds. The molecule has 14 heavy (non-hydrogen) atoms. The summed E-state index contributed by atoms with van der Waals surface area (Å²) in [6.45, 7) is 2.87. The van der Waals surface area contributed by atoms with Crippen LogP contribution in [0.25, 0.3) is 0 Å². The Morgan fingerprint density at radius 2 is 2.36 bits per heavy atom. The zero-order valence-electron chi connectivity index (χ0n) is 7.90. The van der Waals surface area contributed by atoms with Crippen molar-refractivity contribution >= 4 is 16.5 Å². The first-order chi connectivity index (χ1) is 6.86. The van der Waals surface area contributed by atoms with Crippen LogP contribution in [0.4, 0.5) is 5.13 Å². The van der Waals surface area contributed by atoms with Gasteiger partial charge in [0.1, 0.15) is 0 Å². The largest absolute Gasteiger partial charge is 0.357 e. The van der Waals surface area contributed by atoms with Gasteiger partial charge in [0.2, 0.25) is 0 Å². The fourth-order valence-electron chi connectivity index (χ4n) is 1.16. The van der Waals surface area contributed by atoms with E-state index in [2.05, 4.69) is 22.2 Å². The van der Waals surface area contributed by atoms with Crippen molar-refractivity contribution in [3.05, 3.63) is 41.2 Å². The molecule has 0 atom stereocenters. The molecule has 0 aromatic carbocycles. The number of anilines is 1. The van der Waals surface area contributed by atoms with Crippen LogP contribution in [0, 0.1) is 6.92 Å². The van der Waals surface area contributed by atoms with Gasteiger partial charge in [-0.3, -0.25) is 4.98 Å². The number of hydrogen-bond donors (Lipinski definition) is 1. The van der Waals surface area contributed by atoms with Gasteiger partial charge in [0.05, 0.1) is 0 Å². The Labute approximate surface area is 86.8 Å². The third-order valence-corrected chi connectivity index (χ3v) is 2.74. The minimum atomic E-state index is 0.785. The zero-order valence-corrected chi connectivity index (χ0v) is 8.71. The molecule has 0 fully saturated rings. The number of thiazole rings is 1. The van der Waals surface area contributed by atoms with E-state index in [1.54, 1.807) is 17.5 Å². The van der Waals surface area contributed by atoms with Gasteiger partial charge in [0, 0.05) is 30.5 Å². The second-order valence-electron chi connectivity index (χ2n) is 2.99. The quantitative estimate of drug-likeness (QED) is 0.836. The van der Waals surface area contributed by atoms with Crippen molar-refractivity contribution in [2.24, 2.45) is 0 Å². The lowest BCUT2D eigenvalue weighted by Gasteiger charge is -2.04. The molecule has 2 aromatic heterocycles. The number of nitrogens with zero attached hydrogens (tertiary/aromatic N) is 2. The Balaban J connectivity index is 2.02. The van der Waals surface area contributed by atoms with E-state index < -0.39 is 0 Å². The van der Waals surface area contributed by atoms with Gasteiger partial charge in [-0.15, -0.1) is 11.3 Å². The molecule has 0 bridgehead atoms. The van der Waals surface area contributed by atoms with Gasteiger partial charge in [-0.2, -0.15) is 0 Å². The van der Waals surface area contributed by atoms with Gasteiger partial charge in [0.15, 0.2) is 5.13 Å². The maximum absolute atomic E-state index is 4.15. The highest BCUT2D eigenvalue weighted by Gasteiger charge is 1.98. The first kappa shape index (κ1) is 9.15. The van der Waals surface area contributed by atoms with Crippen LogP contribution in [0.1, 0.15) is 11.1 Å². The van der Waals surface area contributed by atoms with E-state index in [0.29, 0.717) is 0 Å². The average Bonchev–Trinajstić information content (AvgIpc) is 2.69. The maximum Gasteiger partial charge on any atom is 0.182 e. The van der Waals surface area contributed by atoms with Crippen LogP contribution in [0.5, 0.6) is 0 Å². The summed E-state index contributed by atoms with van der Waals surface area (Å²) in [5.74, 6) is 0. The summed E-state index contributed by atoms with van der Waals surface area (Å²) in [6, 6.07) is 2.01. The molecule has 0 aliphatic heterocycles. The molecule has 72 valence electrons. The molecule has 0 aliphatic carbocycles. The zero-order chi connectivity index (χ0) is 9.80. The molecule has 0 spiro atoms. The third-order valence-electron chi connectivity index (χ3n) is 2.01. The van der Waals surface area contributed by atoms with E-state index in [0.717, 1.165) is 11.7 Å². The van der Waals surface area contributed by atoms with Gasteiger partial charge in [-0.1, -0.05) is 0 Å². The van der Waals surface area contributed by atoms with E-state index in [9.17, 15) is 0 Å². The topological polar surface area (TPSA) is 37.8 Å². The summed E-state index contributed by atoms with van der Waals surface area (Å²) in [5, 5.41) is 6.16. The van der Waals surface area contributed by atoms with Crippen molar-refractivity contribution in [3.63, 3.8) is 0 Å². The molecule has 0 aliphatic rings. The lowest BCUT2D eigenvalue weighted by Crippen LogP contribution is -2.01. The van der Waals surface area contributed by atoms with Crippen molar-refractivity contribution in [3.8, 4) is 0 Å². The third kappa shape index (κ3) is 2.09. The summed E-state index contributed by atoms with van der Waals surface area (Å²) in [7, 11) is 0. The molecule has 0 saturated carbocycles. The number of aryl methyl sites for hydroxylation is 1. The van der Waals surface area contributed by atoms with Gasteiger partial charge < -0.3 is 5.32 Å². The fraction of sp³-hybridized carbons (Fsp3) is 0.200. The summed E-state index contributed by atoms with van der Waals surface area (Å²) in [5.41, 5.74) is 2.46. The van der Waals surface area contributed by atoms with Gasteiger partial charge in [-0.05, 0) is 24.1 Å². The highest BCUT2D eigenvalue weighted by molar-refractivity contribution is 7.13. The SMILES string of the molecule is Cc1ccncc1CNc1nccs1. The number of aromatic nitrogens is 2. The fourth-order valence-corrected chi connectivity index (χ4v) is 1.69. The van der Waals surface area contributed by atoms with E-state index in [4.69, 9.17) is 0 Å². The van der Waals surface area contributed by atoms with Crippen LogP contribution in [0.2, 0.25) is 0 Å². The molecule has 3 nitrogen and oxygen atoms in total. The van der Waals surface area contributed by atoms with Crippen molar-refractivity contribution in [2.75, 3.05) is 5.32 Å². The second-order valence-corrected chi connectivity index (χ2v) is 3.89. The molecule has 1 N–H and O–H groups in total. The van der Waals surface area contributed by atoms with Crippen LogP contribution in [-0.4, -0.2) is 9.97 Å². The highest BCUT2D eigenvalue weighted by atomic mass is 32.1.